The minimum atomic E-state index is -0.0568. The zero-order chi connectivity index (χ0) is 19.0. The van der Waals surface area contributed by atoms with E-state index in [0.29, 0.717) is 18.2 Å². The summed E-state index contributed by atoms with van der Waals surface area (Å²) in [5.74, 6) is -0.0360. The fraction of sp³-hybridized carbons (Fsp3) is 0.619. The number of hydrogen-bond donors (Lipinski definition) is 1. The Morgan fingerprint density at radius 3 is 2.08 bits per heavy atom. The highest BCUT2D eigenvalue weighted by atomic mass is 16.2. The summed E-state index contributed by atoms with van der Waals surface area (Å²) in [5.41, 5.74) is 1.95. The molecule has 0 saturated heterocycles. The highest BCUT2D eigenvalue weighted by Gasteiger charge is 2.15. The Morgan fingerprint density at radius 1 is 1.04 bits per heavy atom. The van der Waals surface area contributed by atoms with Crippen molar-refractivity contribution in [3.63, 3.8) is 0 Å². The first kappa shape index (κ1) is 21.4. The second-order valence-electron chi connectivity index (χ2n) is 7.62. The number of carbonyl (C=O) groups is 2. The highest BCUT2D eigenvalue weighted by Crippen LogP contribution is 2.22. The topological polar surface area (TPSA) is 49.4 Å². The Balaban J connectivity index is 2.44. The zero-order valence-electron chi connectivity index (χ0n) is 16.7. The Labute approximate surface area is 153 Å². The van der Waals surface area contributed by atoms with E-state index in [2.05, 4.69) is 51.8 Å². The third kappa shape index (κ3) is 6.99. The van der Waals surface area contributed by atoms with E-state index in [-0.39, 0.29) is 29.9 Å². The molecule has 0 heterocycles. The molecule has 1 atom stereocenters. The van der Waals surface area contributed by atoms with Crippen LogP contribution in [0.3, 0.4) is 0 Å². The minimum Gasteiger partial charge on any atom is -0.355 e. The van der Waals surface area contributed by atoms with Crippen LogP contribution in [0.5, 0.6) is 0 Å². The van der Waals surface area contributed by atoms with Gasteiger partial charge >= 0.3 is 0 Å². The van der Waals surface area contributed by atoms with E-state index < -0.39 is 0 Å². The molecule has 1 aromatic carbocycles. The van der Waals surface area contributed by atoms with Gasteiger partial charge in [0.25, 0.3) is 0 Å². The molecule has 25 heavy (non-hydrogen) atoms. The van der Waals surface area contributed by atoms with Gasteiger partial charge in [0.15, 0.2) is 5.78 Å². The van der Waals surface area contributed by atoms with Crippen molar-refractivity contribution in [3.05, 3.63) is 35.4 Å². The lowest BCUT2D eigenvalue weighted by molar-refractivity contribution is -0.121. The SMILES string of the molecule is CCN(CC)C(C)CNC(=O)CCC(=O)c1ccc(C(C)(C)C)cc1. The number of nitrogens with one attached hydrogen (secondary N) is 1. The highest BCUT2D eigenvalue weighted by molar-refractivity contribution is 5.98. The summed E-state index contributed by atoms with van der Waals surface area (Å²) in [5, 5.41) is 2.93. The van der Waals surface area contributed by atoms with Gasteiger partial charge in [-0.1, -0.05) is 58.9 Å². The number of nitrogens with zero attached hydrogens (tertiary/aromatic N) is 1. The van der Waals surface area contributed by atoms with Crippen LogP contribution in [0, 0.1) is 0 Å². The maximum Gasteiger partial charge on any atom is 0.220 e. The summed E-state index contributed by atoms with van der Waals surface area (Å²) in [6.45, 7) is 15.3. The van der Waals surface area contributed by atoms with Crippen molar-refractivity contribution in [3.8, 4) is 0 Å². The fourth-order valence-corrected chi connectivity index (χ4v) is 2.85. The van der Waals surface area contributed by atoms with Crippen molar-refractivity contribution in [2.45, 2.75) is 65.8 Å². The van der Waals surface area contributed by atoms with Gasteiger partial charge in [-0.15, -0.1) is 0 Å². The second-order valence-corrected chi connectivity index (χ2v) is 7.62. The van der Waals surface area contributed by atoms with E-state index in [4.69, 9.17) is 0 Å². The molecule has 0 aliphatic heterocycles. The van der Waals surface area contributed by atoms with Gasteiger partial charge in [0.2, 0.25) is 5.91 Å². The molecule has 0 aromatic heterocycles. The number of benzene rings is 1. The molecular weight excluding hydrogens is 312 g/mol. The van der Waals surface area contributed by atoms with Gasteiger partial charge < -0.3 is 5.32 Å². The Bertz CT molecular complexity index is 554. The Morgan fingerprint density at radius 2 is 1.60 bits per heavy atom. The summed E-state index contributed by atoms with van der Waals surface area (Å²) in [7, 11) is 0. The largest absolute Gasteiger partial charge is 0.355 e. The van der Waals surface area contributed by atoms with Crippen LogP contribution in [0.4, 0.5) is 0 Å². The average Bonchev–Trinajstić information content (AvgIpc) is 2.58. The molecule has 0 saturated carbocycles. The molecule has 0 aliphatic rings. The summed E-state index contributed by atoms with van der Waals surface area (Å²) in [6.07, 6.45) is 0.491. The van der Waals surface area contributed by atoms with E-state index in [1.165, 1.54) is 5.56 Å². The lowest BCUT2D eigenvalue weighted by Gasteiger charge is -2.26. The maximum absolute atomic E-state index is 12.3. The molecule has 1 amide bonds. The number of hydrogen-bond acceptors (Lipinski definition) is 3. The molecule has 4 heteroatoms. The first-order chi connectivity index (χ1) is 11.7. The van der Waals surface area contributed by atoms with Gasteiger partial charge in [-0.25, -0.2) is 0 Å². The summed E-state index contributed by atoms with van der Waals surface area (Å²) in [6, 6.07) is 8.03. The third-order valence-electron chi connectivity index (χ3n) is 4.68. The van der Waals surface area contributed by atoms with E-state index in [1.54, 1.807) is 0 Å². The van der Waals surface area contributed by atoms with Crippen molar-refractivity contribution in [1.29, 1.82) is 0 Å². The average molecular weight is 347 g/mol. The van der Waals surface area contributed by atoms with Crippen LogP contribution in [0.15, 0.2) is 24.3 Å². The predicted molar refractivity (Wildman–Crippen MR) is 104 cm³/mol. The van der Waals surface area contributed by atoms with E-state index in [0.717, 1.165) is 13.1 Å². The monoisotopic (exact) mass is 346 g/mol. The fourth-order valence-electron chi connectivity index (χ4n) is 2.85. The molecule has 1 rings (SSSR count). The molecule has 0 spiro atoms. The summed E-state index contributed by atoms with van der Waals surface area (Å²) < 4.78 is 0. The van der Waals surface area contributed by atoms with E-state index >= 15 is 0 Å². The van der Waals surface area contributed by atoms with Crippen molar-refractivity contribution >= 4 is 11.7 Å². The molecule has 140 valence electrons. The number of likely N-dealkylation sites (N-methyl/N-ethyl adjacent to an activating group) is 1. The molecule has 1 aromatic rings. The zero-order valence-corrected chi connectivity index (χ0v) is 16.7. The third-order valence-corrected chi connectivity index (χ3v) is 4.68. The van der Waals surface area contributed by atoms with Crippen LogP contribution in [0.25, 0.3) is 0 Å². The molecular formula is C21H34N2O2. The normalized spacial score (nSPS) is 12.9. The predicted octanol–water partition coefficient (Wildman–Crippen LogP) is 3.79. The number of amides is 1. The van der Waals surface area contributed by atoms with Crippen LogP contribution in [-0.4, -0.2) is 42.3 Å². The van der Waals surface area contributed by atoms with Crippen molar-refractivity contribution in [1.82, 2.24) is 10.2 Å². The molecule has 4 nitrogen and oxygen atoms in total. The first-order valence-corrected chi connectivity index (χ1v) is 9.33. The van der Waals surface area contributed by atoms with Gasteiger partial charge in [0.05, 0.1) is 0 Å². The first-order valence-electron chi connectivity index (χ1n) is 9.33. The van der Waals surface area contributed by atoms with Crippen molar-refractivity contribution in [2.24, 2.45) is 0 Å². The molecule has 0 bridgehead atoms. The van der Waals surface area contributed by atoms with E-state index in [9.17, 15) is 9.59 Å². The summed E-state index contributed by atoms with van der Waals surface area (Å²) >= 11 is 0. The maximum atomic E-state index is 12.3. The minimum absolute atomic E-state index is 0.0207. The molecule has 0 radical (unpaired) electrons. The van der Waals surface area contributed by atoms with Crippen LogP contribution >= 0.6 is 0 Å². The van der Waals surface area contributed by atoms with Gasteiger partial charge in [0, 0.05) is 31.0 Å². The van der Waals surface area contributed by atoms with Crippen LogP contribution in [0.1, 0.15) is 70.3 Å². The molecule has 1 N–H and O–H groups in total. The van der Waals surface area contributed by atoms with Crippen molar-refractivity contribution in [2.75, 3.05) is 19.6 Å². The lowest BCUT2D eigenvalue weighted by atomic mass is 9.86. The number of carbonyl (C=O) groups excluding carboxylic acids is 2. The lowest BCUT2D eigenvalue weighted by Crippen LogP contribution is -2.42. The van der Waals surface area contributed by atoms with E-state index in [1.807, 2.05) is 24.3 Å². The number of rotatable bonds is 9. The standard InChI is InChI=1S/C21H34N2O2/c1-7-23(8-2)16(3)15-22-20(25)14-13-19(24)17-9-11-18(12-10-17)21(4,5)6/h9-12,16H,7-8,13-15H2,1-6H3,(H,22,25). The molecule has 0 aliphatic carbocycles. The van der Waals surface area contributed by atoms with Crippen LogP contribution in [0.2, 0.25) is 0 Å². The van der Waals surface area contributed by atoms with Gasteiger partial charge in [-0.3, -0.25) is 14.5 Å². The smallest absolute Gasteiger partial charge is 0.220 e. The van der Waals surface area contributed by atoms with Gasteiger partial charge in [-0.05, 0) is 31.0 Å². The van der Waals surface area contributed by atoms with Crippen molar-refractivity contribution < 1.29 is 9.59 Å². The summed E-state index contributed by atoms with van der Waals surface area (Å²) in [4.78, 5) is 26.5. The van der Waals surface area contributed by atoms with Gasteiger partial charge in [0.1, 0.15) is 0 Å². The number of ketones is 1. The quantitative estimate of drug-likeness (QED) is 0.692. The molecule has 1 unspecified atom stereocenters. The van der Waals surface area contributed by atoms with Gasteiger partial charge in [-0.2, -0.15) is 0 Å². The Hall–Kier alpha value is -1.68. The Kier molecular flexibility index (Phi) is 8.30. The second kappa shape index (κ2) is 9.71. The van der Waals surface area contributed by atoms with Crippen LogP contribution in [-0.2, 0) is 10.2 Å². The molecule has 0 fully saturated rings. The van der Waals surface area contributed by atoms with Crippen LogP contribution < -0.4 is 5.32 Å². The number of Topliss-reactive ketones (excluding diaryl/α,β-unsaturated/α-hetero) is 1.